The van der Waals surface area contributed by atoms with Crippen molar-refractivity contribution in [1.82, 2.24) is 4.90 Å². The molecule has 0 aliphatic carbocycles. The standard InChI is InChI=1S/C19H21NOS/c21-19(12-14-22-18-9-5-2-6-10-18)20-13-11-17(15-20)16-7-3-1-4-8-16/h1-10,17H,11-15H2/t17-/m0/s1. The van der Waals surface area contributed by atoms with Crippen molar-refractivity contribution in [2.24, 2.45) is 0 Å². The third kappa shape index (κ3) is 3.92. The van der Waals surface area contributed by atoms with E-state index in [1.54, 1.807) is 11.8 Å². The lowest BCUT2D eigenvalue weighted by Crippen LogP contribution is -2.28. The minimum atomic E-state index is 0.293. The first-order valence-electron chi connectivity index (χ1n) is 7.83. The number of thioether (sulfide) groups is 1. The second-order valence-electron chi connectivity index (χ2n) is 5.65. The fourth-order valence-corrected chi connectivity index (χ4v) is 3.78. The summed E-state index contributed by atoms with van der Waals surface area (Å²) in [6.45, 7) is 1.77. The van der Waals surface area contributed by atoms with E-state index in [1.807, 2.05) is 29.2 Å². The van der Waals surface area contributed by atoms with Crippen LogP contribution in [0, 0.1) is 0 Å². The van der Waals surface area contributed by atoms with Gasteiger partial charge in [-0.3, -0.25) is 4.79 Å². The Balaban J connectivity index is 1.46. The first-order valence-corrected chi connectivity index (χ1v) is 8.82. The fraction of sp³-hybridized carbons (Fsp3) is 0.316. The molecule has 1 saturated heterocycles. The number of rotatable bonds is 5. The van der Waals surface area contributed by atoms with E-state index in [0.717, 1.165) is 25.3 Å². The highest BCUT2D eigenvalue weighted by Gasteiger charge is 2.26. The molecule has 1 aliphatic heterocycles. The van der Waals surface area contributed by atoms with Crippen LogP contribution in [-0.2, 0) is 4.79 Å². The van der Waals surface area contributed by atoms with Crippen LogP contribution in [0.3, 0.4) is 0 Å². The van der Waals surface area contributed by atoms with Crippen LogP contribution in [-0.4, -0.2) is 29.6 Å². The minimum absolute atomic E-state index is 0.293. The number of likely N-dealkylation sites (tertiary alicyclic amines) is 1. The number of nitrogens with zero attached hydrogens (tertiary/aromatic N) is 1. The highest BCUT2D eigenvalue weighted by Crippen LogP contribution is 2.27. The number of amides is 1. The molecule has 3 rings (SSSR count). The molecule has 1 atom stereocenters. The molecule has 22 heavy (non-hydrogen) atoms. The zero-order chi connectivity index (χ0) is 15.2. The van der Waals surface area contributed by atoms with Crippen LogP contribution in [0.15, 0.2) is 65.6 Å². The Kier molecular flexibility index (Phi) is 5.17. The van der Waals surface area contributed by atoms with E-state index in [-0.39, 0.29) is 0 Å². The van der Waals surface area contributed by atoms with Gasteiger partial charge in [0, 0.05) is 36.1 Å². The van der Waals surface area contributed by atoms with Crippen LogP contribution in [0.1, 0.15) is 24.3 Å². The van der Waals surface area contributed by atoms with Crippen molar-refractivity contribution in [3.8, 4) is 0 Å². The normalized spacial score (nSPS) is 17.6. The van der Waals surface area contributed by atoms with Crippen molar-refractivity contribution >= 4 is 17.7 Å². The Labute approximate surface area is 136 Å². The molecular weight excluding hydrogens is 290 g/mol. The van der Waals surface area contributed by atoms with Crippen LogP contribution in [0.5, 0.6) is 0 Å². The summed E-state index contributed by atoms with van der Waals surface area (Å²) < 4.78 is 0. The van der Waals surface area contributed by atoms with E-state index in [4.69, 9.17) is 0 Å². The van der Waals surface area contributed by atoms with Crippen LogP contribution >= 0.6 is 11.8 Å². The Morgan fingerprint density at radius 2 is 1.73 bits per heavy atom. The molecule has 0 aromatic heterocycles. The van der Waals surface area contributed by atoms with Gasteiger partial charge >= 0.3 is 0 Å². The molecule has 1 aliphatic rings. The largest absolute Gasteiger partial charge is 0.342 e. The van der Waals surface area contributed by atoms with Gasteiger partial charge in [0.25, 0.3) is 0 Å². The van der Waals surface area contributed by atoms with Gasteiger partial charge in [0.05, 0.1) is 0 Å². The maximum atomic E-state index is 12.3. The van der Waals surface area contributed by atoms with E-state index in [0.29, 0.717) is 18.2 Å². The quantitative estimate of drug-likeness (QED) is 0.772. The summed E-state index contributed by atoms with van der Waals surface area (Å²) in [6, 6.07) is 20.8. The molecule has 0 saturated carbocycles. The number of carbonyl (C=O) groups is 1. The van der Waals surface area contributed by atoms with E-state index in [1.165, 1.54) is 10.5 Å². The Bertz CT molecular complexity index is 599. The maximum absolute atomic E-state index is 12.3. The van der Waals surface area contributed by atoms with Crippen LogP contribution in [0.25, 0.3) is 0 Å². The molecule has 0 bridgehead atoms. The van der Waals surface area contributed by atoms with E-state index in [9.17, 15) is 4.79 Å². The van der Waals surface area contributed by atoms with Crippen molar-refractivity contribution in [1.29, 1.82) is 0 Å². The van der Waals surface area contributed by atoms with Gasteiger partial charge in [-0.15, -0.1) is 11.8 Å². The summed E-state index contributed by atoms with van der Waals surface area (Å²) in [5.41, 5.74) is 1.36. The summed E-state index contributed by atoms with van der Waals surface area (Å²) in [7, 11) is 0. The molecule has 114 valence electrons. The second kappa shape index (κ2) is 7.50. The average molecular weight is 311 g/mol. The molecule has 0 radical (unpaired) electrons. The Morgan fingerprint density at radius 1 is 1.05 bits per heavy atom. The predicted octanol–water partition coefficient (Wildman–Crippen LogP) is 4.18. The predicted molar refractivity (Wildman–Crippen MR) is 92.2 cm³/mol. The van der Waals surface area contributed by atoms with Gasteiger partial charge in [-0.1, -0.05) is 48.5 Å². The monoisotopic (exact) mass is 311 g/mol. The zero-order valence-corrected chi connectivity index (χ0v) is 13.5. The molecule has 1 fully saturated rings. The van der Waals surface area contributed by atoms with Crippen molar-refractivity contribution in [3.05, 3.63) is 66.2 Å². The average Bonchev–Trinajstić information content (AvgIpc) is 3.07. The molecule has 2 nitrogen and oxygen atoms in total. The molecule has 2 aromatic carbocycles. The first kappa shape index (κ1) is 15.2. The fourth-order valence-electron chi connectivity index (χ4n) is 2.92. The highest BCUT2D eigenvalue weighted by molar-refractivity contribution is 7.99. The number of hydrogen-bond donors (Lipinski definition) is 0. The molecule has 2 aromatic rings. The van der Waals surface area contributed by atoms with Crippen molar-refractivity contribution in [2.75, 3.05) is 18.8 Å². The number of hydrogen-bond acceptors (Lipinski definition) is 2. The topological polar surface area (TPSA) is 20.3 Å². The van der Waals surface area contributed by atoms with Crippen LogP contribution < -0.4 is 0 Å². The van der Waals surface area contributed by atoms with Crippen molar-refractivity contribution < 1.29 is 4.79 Å². The van der Waals surface area contributed by atoms with E-state index in [2.05, 4.69) is 36.4 Å². The lowest BCUT2D eigenvalue weighted by molar-refractivity contribution is -0.129. The summed E-state index contributed by atoms with van der Waals surface area (Å²) in [5.74, 6) is 1.66. The van der Waals surface area contributed by atoms with Gasteiger partial charge in [-0.2, -0.15) is 0 Å². The van der Waals surface area contributed by atoms with Gasteiger partial charge in [0.15, 0.2) is 0 Å². The van der Waals surface area contributed by atoms with E-state index >= 15 is 0 Å². The Hall–Kier alpha value is -1.74. The summed E-state index contributed by atoms with van der Waals surface area (Å²) in [5, 5.41) is 0. The summed E-state index contributed by atoms with van der Waals surface area (Å²) in [4.78, 5) is 15.6. The smallest absolute Gasteiger partial charge is 0.223 e. The Morgan fingerprint density at radius 3 is 2.45 bits per heavy atom. The second-order valence-corrected chi connectivity index (χ2v) is 6.82. The SMILES string of the molecule is O=C(CCSc1ccccc1)N1CC[C@H](c2ccccc2)C1. The minimum Gasteiger partial charge on any atom is -0.342 e. The van der Waals surface area contributed by atoms with Crippen molar-refractivity contribution in [3.63, 3.8) is 0 Å². The molecule has 0 spiro atoms. The third-order valence-corrected chi connectivity index (χ3v) is 5.15. The zero-order valence-electron chi connectivity index (χ0n) is 12.7. The highest BCUT2D eigenvalue weighted by atomic mass is 32.2. The molecular formula is C19H21NOS. The number of carbonyl (C=O) groups excluding carboxylic acids is 1. The van der Waals surface area contributed by atoms with Crippen LogP contribution in [0.2, 0.25) is 0 Å². The van der Waals surface area contributed by atoms with Gasteiger partial charge < -0.3 is 4.90 Å². The molecule has 1 heterocycles. The summed E-state index contributed by atoms with van der Waals surface area (Å²) >= 11 is 1.76. The molecule has 0 unspecified atom stereocenters. The lowest BCUT2D eigenvalue weighted by Gasteiger charge is -2.16. The van der Waals surface area contributed by atoms with Gasteiger partial charge in [0.2, 0.25) is 5.91 Å². The van der Waals surface area contributed by atoms with Crippen molar-refractivity contribution in [2.45, 2.75) is 23.7 Å². The van der Waals surface area contributed by atoms with Gasteiger partial charge in [0.1, 0.15) is 0 Å². The lowest BCUT2D eigenvalue weighted by atomic mass is 9.99. The third-order valence-electron chi connectivity index (χ3n) is 4.14. The molecule has 0 N–H and O–H groups in total. The van der Waals surface area contributed by atoms with Gasteiger partial charge in [-0.05, 0) is 24.1 Å². The first-order chi connectivity index (χ1) is 10.8. The van der Waals surface area contributed by atoms with Gasteiger partial charge in [-0.25, -0.2) is 0 Å². The number of benzene rings is 2. The molecule has 1 amide bonds. The summed E-state index contributed by atoms with van der Waals surface area (Å²) in [6.07, 6.45) is 1.71. The molecule has 3 heteroatoms. The maximum Gasteiger partial charge on any atom is 0.223 e. The van der Waals surface area contributed by atoms with Crippen LogP contribution in [0.4, 0.5) is 0 Å². The van der Waals surface area contributed by atoms with E-state index < -0.39 is 0 Å².